The van der Waals surface area contributed by atoms with Crippen molar-refractivity contribution in [2.24, 2.45) is 0 Å². The highest BCUT2D eigenvalue weighted by Gasteiger charge is 2.13. The normalized spacial score (nSPS) is 10.5. The van der Waals surface area contributed by atoms with Gasteiger partial charge in [0.1, 0.15) is 5.75 Å². The summed E-state index contributed by atoms with van der Waals surface area (Å²) >= 11 is 0. The largest absolute Gasteiger partial charge is 0.497 e. The monoisotopic (exact) mass is 377 g/mol. The van der Waals surface area contributed by atoms with Crippen molar-refractivity contribution >= 4 is 28.4 Å². The second-order valence-electron chi connectivity index (χ2n) is 6.47. The van der Waals surface area contributed by atoms with Gasteiger partial charge in [0.15, 0.2) is 0 Å². The van der Waals surface area contributed by atoms with Gasteiger partial charge < -0.3 is 15.4 Å². The van der Waals surface area contributed by atoms with Crippen molar-refractivity contribution in [2.75, 3.05) is 19.0 Å². The predicted octanol–water partition coefficient (Wildman–Crippen LogP) is 3.94. The molecule has 0 saturated heterocycles. The van der Waals surface area contributed by atoms with Crippen LogP contribution in [0.15, 0.2) is 48.5 Å². The number of nitrogens with one attached hydrogen (secondary N) is 2. The number of methoxy groups -OCH3 is 1. The van der Waals surface area contributed by atoms with Gasteiger partial charge in [0.25, 0.3) is 11.8 Å². The fourth-order valence-corrected chi connectivity index (χ4v) is 2.88. The molecule has 0 spiro atoms. The lowest BCUT2D eigenvalue weighted by atomic mass is 10.1. The van der Waals surface area contributed by atoms with Crippen LogP contribution in [-0.2, 0) is 0 Å². The molecule has 0 atom stereocenters. The summed E-state index contributed by atoms with van der Waals surface area (Å²) in [6, 6.07) is 14.2. The summed E-state index contributed by atoms with van der Waals surface area (Å²) in [7, 11) is 1.60. The summed E-state index contributed by atoms with van der Waals surface area (Å²) in [6.45, 7) is 4.40. The number of nitrogens with zero attached hydrogens (tertiary/aromatic N) is 1. The van der Waals surface area contributed by atoms with E-state index in [1.807, 2.05) is 25.1 Å². The number of amides is 2. The fraction of sp³-hybridized carbons (Fsp3) is 0.227. The number of anilines is 1. The van der Waals surface area contributed by atoms with E-state index < -0.39 is 0 Å². The van der Waals surface area contributed by atoms with Crippen molar-refractivity contribution in [3.8, 4) is 5.75 Å². The molecule has 1 heterocycles. The zero-order chi connectivity index (χ0) is 20.1. The molecule has 0 aliphatic rings. The van der Waals surface area contributed by atoms with Gasteiger partial charge in [0, 0.05) is 23.2 Å². The number of benzene rings is 2. The van der Waals surface area contributed by atoms with Gasteiger partial charge in [-0.3, -0.25) is 14.6 Å². The van der Waals surface area contributed by atoms with Crippen LogP contribution in [0.4, 0.5) is 5.69 Å². The maximum Gasteiger partial charge on any atom is 0.257 e. The molecule has 6 heteroatoms. The molecule has 2 N–H and O–H groups in total. The number of pyridine rings is 1. The van der Waals surface area contributed by atoms with Crippen LogP contribution < -0.4 is 15.4 Å². The summed E-state index contributed by atoms with van der Waals surface area (Å²) in [4.78, 5) is 29.4. The Hall–Kier alpha value is -3.41. The summed E-state index contributed by atoms with van der Waals surface area (Å²) in [6.07, 6.45) is 0.862. The molecule has 0 unspecified atom stereocenters. The van der Waals surface area contributed by atoms with Gasteiger partial charge in [0.05, 0.1) is 23.9 Å². The first-order chi connectivity index (χ1) is 13.5. The Labute approximate surface area is 163 Å². The quantitative estimate of drug-likeness (QED) is 0.682. The van der Waals surface area contributed by atoms with Gasteiger partial charge in [-0.1, -0.05) is 13.0 Å². The third-order valence-corrected chi connectivity index (χ3v) is 4.38. The van der Waals surface area contributed by atoms with Gasteiger partial charge in [-0.05, 0) is 55.8 Å². The van der Waals surface area contributed by atoms with Crippen LogP contribution in [0.2, 0.25) is 0 Å². The lowest BCUT2D eigenvalue weighted by Crippen LogP contribution is -2.24. The summed E-state index contributed by atoms with van der Waals surface area (Å²) in [5.41, 5.74) is 2.96. The minimum Gasteiger partial charge on any atom is -0.497 e. The van der Waals surface area contributed by atoms with Gasteiger partial charge in [-0.2, -0.15) is 0 Å². The minimum absolute atomic E-state index is 0.159. The first kappa shape index (κ1) is 19.4. The number of ether oxygens (including phenoxy) is 1. The van der Waals surface area contributed by atoms with Crippen LogP contribution in [0.25, 0.3) is 10.9 Å². The maximum atomic E-state index is 12.8. The topological polar surface area (TPSA) is 80.3 Å². The summed E-state index contributed by atoms with van der Waals surface area (Å²) in [5.74, 6) is 0.268. The molecule has 0 bridgehead atoms. The number of hydrogen-bond donors (Lipinski definition) is 2. The SMILES string of the molecule is CCCNC(=O)c1cccc(NC(=O)c2cc3cc(OC)ccc3nc2C)c1. The van der Waals surface area contributed by atoms with Crippen LogP contribution in [0.1, 0.15) is 39.8 Å². The number of carbonyl (C=O) groups excluding carboxylic acids is 2. The first-order valence-corrected chi connectivity index (χ1v) is 9.17. The molecule has 0 radical (unpaired) electrons. The van der Waals surface area contributed by atoms with Gasteiger partial charge in [-0.15, -0.1) is 0 Å². The number of rotatable bonds is 6. The molecule has 3 aromatic rings. The van der Waals surface area contributed by atoms with Gasteiger partial charge >= 0.3 is 0 Å². The van der Waals surface area contributed by atoms with Crippen molar-refractivity contribution in [1.29, 1.82) is 0 Å². The zero-order valence-electron chi connectivity index (χ0n) is 16.2. The average Bonchev–Trinajstić information content (AvgIpc) is 2.71. The number of aromatic nitrogens is 1. The molecule has 0 fully saturated rings. The van der Waals surface area contributed by atoms with Crippen molar-refractivity contribution in [3.63, 3.8) is 0 Å². The average molecular weight is 377 g/mol. The Morgan fingerprint density at radius 2 is 1.89 bits per heavy atom. The van der Waals surface area contributed by atoms with Crippen LogP contribution >= 0.6 is 0 Å². The highest BCUT2D eigenvalue weighted by molar-refractivity contribution is 6.07. The van der Waals surface area contributed by atoms with Crippen molar-refractivity contribution in [2.45, 2.75) is 20.3 Å². The second kappa shape index (κ2) is 8.52. The molecule has 0 aliphatic heterocycles. The number of fused-ring (bicyclic) bond motifs is 1. The number of aryl methyl sites for hydroxylation is 1. The lowest BCUT2D eigenvalue weighted by molar-refractivity contribution is 0.0952. The van der Waals surface area contributed by atoms with E-state index in [9.17, 15) is 9.59 Å². The molecule has 2 aromatic carbocycles. The summed E-state index contributed by atoms with van der Waals surface area (Å²) in [5, 5.41) is 6.50. The lowest BCUT2D eigenvalue weighted by Gasteiger charge is -2.11. The minimum atomic E-state index is -0.277. The Bertz CT molecular complexity index is 1030. The van der Waals surface area contributed by atoms with Crippen LogP contribution in [-0.4, -0.2) is 30.5 Å². The number of hydrogen-bond acceptors (Lipinski definition) is 4. The molecular formula is C22H23N3O3. The van der Waals surface area contributed by atoms with E-state index in [-0.39, 0.29) is 11.8 Å². The second-order valence-corrected chi connectivity index (χ2v) is 6.47. The smallest absolute Gasteiger partial charge is 0.257 e. The molecule has 2 amide bonds. The molecule has 3 rings (SSSR count). The first-order valence-electron chi connectivity index (χ1n) is 9.17. The molecule has 0 saturated carbocycles. The van der Waals surface area contributed by atoms with E-state index in [4.69, 9.17) is 4.74 Å². The third kappa shape index (κ3) is 4.28. The predicted molar refractivity (Wildman–Crippen MR) is 110 cm³/mol. The van der Waals surface area contributed by atoms with E-state index in [0.717, 1.165) is 17.3 Å². The van der Waals surface area contributed by atoms with Gasteiger partial charge in [-0.25, -0.2) is 0 Å². The van der Waals surface area contributed by atoms with Crippen LogP contribution in [0, 0.1) is 6.92 Å². The van der Waals surface area contributed by atoms with Crippen molar-refractivity contribution in [1.82, 2.24) is 10.3 Å². The van der Waals surface area contributed by atoms with E-state index in [1.165, 1.54) is 0 Å². The Morgan fingerprint density at radius 3 is 2.64 bits per heavy atom. The van der Waals surface area contributed by atoms with Crippen molar-refractivity contribution in [3.05, 3.63) is 65.4 Å². The standard InChI is InChI=1S/C22H23N3O3/c1-4-10-23-21(26)15-6-5-7-17(11-15)25-22(27)19-13-16-12-18(28-3)8-9-20(16)24-14(19)2/h5-9,11-13H,4,10H2,1-3H3,(H,23,26)(H,25,27). The van der Waals surface area contributed by atoms with Crippen LogP contribution in [0.5, 0.6) is 5.75 Å². The molecular weight excluding hydrogens is 354 g/mol. The van der Waals surface area contributed by atoms with E-state index in [2.05, 4.69) is 15.6 Å². The van der Waals surface area contributed by atoms with Crippen molar-refractivity contribution < 1.29 is 14.3 Å². The third-order valence-electron chi connectivity index (χ3n) is 4.38. The van der Waals surface area contributed by atoms with E-state index in [1.54, 1.807) is 44.4 Å². The Balaban J connectivity index is 1.84. The van der Waals surface area contributed by atoms with Gasteiger partial charge in [0.2, 0.25) is 0 Å². The Morgan fingerprint density at radius 1 is 1.07 bits per heavy atom. The highest BCUT2D eigenvalue weighted by Crippen LogP contribution is 2.22. The molecule has 0 aliphatic carbocycles. The summed E-state index contributed by atoms with van der Waals surface area (Å²) < 4.78 is 5.25. The fourth-order valence-electron chi connectivity index (χ4n) is 2.88. The molecule has 28 heavy (non-hydrogen) atoms. The highest BCUT2D eigenvalue weighted by atomic mass is 16.5. The van der Waals surface area contributed by atoms with Crippen LogP contribution in [0.3, 0.4) is 0 Å². The molecule has 144 valence electrons. The zero-order valence-corrected chi connectivity index (χ0v) is 16.2. The number of carbonyl (C=O) groups is 2. The maximum absolute atomic E-state index is 12.8. The Kier molecular flexibility index (Phi) is 5.89. The molecule has 6 nitrogen and oxygen atoms in total. The molecule has 1 aromatic heterocycles. The van der Waals surface area contributed by atoms with E-state index in [0.29, 0.717) is 34.8 Å². The van der Waals surface area contributed by atoms with E-state index >= 15 is 0 Å².